The maximum absolute atomic E-state index is 13.6. The van der Waals surface area contributed by atoms with Gasteiger partial charge in [-0.1, -0.05) is 18.2 Å². The molecule has 10 heteroatoms. The number of amides is 1. The Morgan fingerprint density at radius 3 is 2.70 bits per heavy atom. The number of benzene rings is 2. The number of carbonyl (C=O) groups is 1. The molecule has 1 amide bonds. The topological polar surface area (TPSA) is 86.7 Å². The van der Waals surface area contributed by atoms with E-state index >= 15 is 0 Å². The van der Waals surface area contributed by atoms with Crippen LogP contribution in [0.15, 0.2) is 47.4 Å². The zero-order valence-corrected chi connectivity index (χ0v) is 20.3. The molecule has 0 radical (unpaired) electrons. The van der Waals surface area contributed by atoms with Gasteiger partial charge in [0.25, 0.3) is 0 Å². The molecule has 2 fully saturated rings. The highest BCUT2D eigenvalue weighted by Crippen LogP contribution is 2.31. The van der Waals surface area contributed by atoms with E-state index in [1.165, 1.54) is 9.87 Å². The summed E-state index contributed by atoms with van der Waals surface area (Å²) in [6, 6.07) is 12.8. The molecule has 0 spiro atoms. The zero-order valence-electron chi connectivity index (χ0n) is 18.7. The highest BCUT2D eigenvalue weighted by molar-refractivity contribution is 7.89. The molecule has 2 saturated heterocycles. The summed E-state index contributed by atoms with van der Waals surface area (Å²) >= 11 is 0.992. The average Bonchev–Trinajstić information content (AvgIpc) is 3.48. The second kappa shape index (κ2) is 8.66. The summed E-state index contributed by atoms with van der Waals surface area (Å²) in [4.78, 5) is 17.8. The number of sulfonamides is 1. The Morgan fingerprint density at radius 1 is 1.09 bits per heavy atom. The molecule has 2 atom stereocenters. The quantitative estimate of drug-likeness (QED) is 0.565. The number of hydrogen-bond donors (Lipinski definition) is 0. The summed E-state index contributed by atoms with van der Waals surface area (Å²) in [6.45, 7) is 6.40. The Bertz CT molecular complexity index is 1290. The lowest BCUT2D eigenvalue weighted by Crippen LogP contribution is -2.57. The second-order valence-electron chi connectivity index (χ2n) is 8.83. The number of fused-ring (bicyclic) bond motifs is 1. The minimum Gasteiger partial charge on any atom is -0.365 e. The molecule has 174 valence electrons. The summed E-state index contributed by atoms with van der Waals surface area (Å²) in [5.41, 5.74) is 3.30. The highest BCUT2D eigenvalue weighted by atomic mass is 32.2. The van der Waals surface area contributed by atoms with Crippen LogP contribution in [0, 0.1) is 6.92 Å². The molecule has 3 heterocycles. The van der Waals surface area contributed by atoms with Gasteiger partial charge in [0.05, 0.1) is 11.7 Å². The van der Waals surface area contributed by atoms with Gasteiger partial charge in [0.15, 0.2) is 0 Å². The Morgan fingerprint density at radius 2 is 1.91 bits per heavy atom. The molecular weight excluding hydrogens is 458 g/mol. The minimum atomic E-state index is -3.86. The van der Waals surface area contributed by atoms with Crippen molar-refractivity contribution in [1.29, 1.82) is 0 Å². The van der Waals surface area contributed by atoms with E-state index in [1.54, 1.807) is 18.2 Å². The third kappa shape index (κ3) is 4.00. The lowest BCUT2D eigenvalue weighted by Gasteiger charge is -2.42. The molecule has 33 heavy (non-hydrogen) atoms. The third-order valence-corrected chi connectivity index (χ3v) is 9.08. The van der Waals surface area contributed by atoms with Crippen LogP contribution in [0.1, 0.15) is 25.3 Å². The van der Waals surface area contributed by atoms with Crippen LogP contribution < -0.4 is 4.90 Å². The fraction of sp³-hybridized carbons (Fsp3) is 0.435. The number of carbonyl (C=O) groups excluding carboxylic acids is 1. The fourth-order valence-corrected chi connectivity index (χ4v) is 7.35. The van der Waals surface area contributed by atoms with Crippen molar-refractivity contribution in [3.8, 4) is 0 Å². The van der Waals surface area contributed by atoms with Gasteiger partial charge < -0.3 is 9.80 Å². The van der Waals surface area contributed by atoms with Crippen molar-refractivity contribution >= 4 is 44.4 Å². The third-order valence-electron chi connectivity index (χ3n) is 6.60. The van der Waals surface area contributed by atoms with Crippen LogP contribution in [-0.2, 0) is 14.8 Å². The van der Waals surface area contributed by atoms with E-state index < -0.39 is 16.1 Å². The Kier molecular flexibility index (Phi) is 5.84. The van der Waals surface area contributed by atoms with Crippen molar-refractivity contribution in [3.05, 3.63) is 48.0 Å². The zero-order chi connectivity index (χ0) is 23.2. The van der Waals surface area contributed by atoms with E-state index in [0.717, 1.165) is 24.0 Å². The maximum atomic E-state index is 13.6. The van der Waals surface area contributed by atoms with Gasteiger partial charge in [-0.3, -0.25) is 4.79 Å². The Labute approximate surface area is 198 Å². The molecule has 0 unspecified atom stereocenters. The van der Waals surface area contributed by atoms with Gasteiger partial charge in [-0.15, -0.1) is 0 Å². The van der Waals surface area contributed by atoms with Crippen LogP contribution in [-0.4, -0.2) is 70.5 Å². The summed E-state index contributed by atoms with van der Waals surface area (Å²) in [7, 11) is -3.86. The largest absolute Gasteiger partial charge is 0.365 e. The molecule has 0 bridgehead atoms. The predicted molar refractivity (Wildman–Crippen MR) is 129 cm³/mol. The summed E-state index contributed by atoms with van der Waals surface area (Å²) < 4.78 is 36.9. The SMILES string of the molecule is Cc1cccc(N2CCN(C(=O)[C@@H]3CCCN3S(=O)(=O)c3cccc4nsnc34)C[C@H]2C)c1. The summed E-state index contributed by atoms with van der Waals surface area (Å²) in [5.74, 6) is -0.101. The van der Waals surface area contributed by atoms with Crippen LogP contribution in [0.3, 0.4) is 0 Å². The van der Waals surface area contributed by atoms with Crippen LogP contribution in [0.25, 0.3) is 11.0 Å². The standard InChI is InChI=1S/C23H27N5O3S2/c1-16-6-3-7-18(14-16)27-13-12-26(15-17(27)2)23(29)20-9-5-11-28(20)33(30,31)21-10-4-8-19-22(21)25-32-24-19/h3-4,6-8,10,14,17,20H,5,9,11-13,15H2,1-2H3/t17-,20+/m1/s1. The summed E-state index contributed by atoms with van der Waals surface area (Å²) in [6.07, 6.45) is 1.20. The van der Waals surface area contributed by atoms with Crippen LogP contribution in [0.4, 0.5) is 5.69 Å². The smallest absolute Gasteiger partial charge is 0.246 e. The molecule has 3 aromatic rings. The molecule has 5 rings (SSSR count). The molecule has 2 aromatic carbocycles. The Hall–Kier alpha value is -2.56. The summed E-state index contributed by atoms with van der Waals surface area (Å²) in [5, 5.41) is 0. The van der Waals surface area contributed by atoms with Crippen molar-refractivity contribution in [3.63, 3.8) is 0 Å². The maximum Gasteiger partial charge on any atom is 0.246 e. The fourth-order valence-electron chi connectivity index (χ4n) is 4.95. The van der Waals surface area contributed by atoms with Gasteiger partial charge in [0.2, 0.25) is 15.9 Å². The minimum absolute atomic E-state index is 0.101. The number of aryl methyl sites for hydroxylation is 1. The predicted octanol–water partition coefficient (Wildman–Crippen LogP) is 2.89. The Balaban J connectivity index is 1.35. The van der Waals surface area contributed by atoms with E-state index in [-0.39, 0.29) is 16.8 Å². The highest BCUT2D eigenvalue weighted by Gasteiger charge is 2.43. The van der Waals surface area contributed by atoms with Crippen LogP contribution >= 0.6 is 11.7 Å². The number of hydrogen-bond acceptors (Lipinski definition) is 7. The van der Waals surface area contributed by atoms with Gasteiger partial charge in [-0.05, 0) is 56.5 Å². The average molecular weight is 486 g/mol. The van der Waals surface area contributed by atoms with Crippen molar-refractivity contribution in [1.82, 2.24) is 18.0 Å². The van der Waals surface area contributed by atoms with Crippen molar-refractivity contribution in [2.45, 2.75) is 43.7 Å². The molecule has 0 N–H and O–H groups in total. The number of nitrogens with zero attached hydrogens (tertiary/aromatic N) is 5. The molecule has 2 aliphatic heterocycles. The first-order chi connectivity index (χ1) is 15.9. The van der Waals surface area contributed by atoms with E-state index in [4.69, 9.17) is 0 Å². The van der Waals surface area contributed by atoms with Gasteiger partial charge >= 0.3 is 0 Å². The lowest BCUT2D eigenvalue weighted by molar-refractivity contribution is -0.135. The lowest BCUT2D eigenvalue weighted by atomic mass is 10.1. The first-order valence-electron chi connectivity index (χ1n) is 11.2. The normalized spacial score (nSPS) is 22.2. The van der Waals surface area contributed by atoms with E-state index in [1.807, 2.05) is 4.90 Å². The molecule has 1 aromatic heterocycles. The molecular formula is C23H27N5O3S2. The van der Waals surface area contributed by atoms with Gasteiger partial charge in [0.1, 0.15) is 22.0 Å². The molecule has 0 saturated carbocycles. The van der Waals surface area contributed by atoms with Crippen molar-refractivity contribution < 1.29 is 13.2 Å². The van der Waals surface area contributed by atoms with E-state index in [0.29, 0.717) is 43.5 Å². The van der Waals surface area contributed by atoms with Crippen molar-refractivity contribution in [2.24, 2.45) is 0 Å². The molecule has 8 nitrogen and oxygen atoms in total. The van der Waals surface area contributed by atoms with Crippen LogP contribution in [0.5, 0.6) is 0 Å². The van der Waals surface area contributed by atoms with Gasteiger partial charge in [-0.25, -0.2) is 8.42 Å². The van der Waals surface area contributed by atoms with Crippen LogP contribution in [0.2, 0.25) is 0 Å². The number of anilines is 1. The molecule has 0 aliphatic carbocycles. The number of aromatic nitrogens is 2. The van der Waals surface area contributed by atoms with E-state index in [2.05, 4.69) is 51.8 Å². The second-order valence-corrected chi connectivity index (χ2v) is 11.2. The first-order valence-corrected chi connectivity index (χ1v) is 13.4. The van der Waals surface area contributed by atoms with Gasteiger partial charge in [-0.2, -0.15) is 13.1 Å². The van der Waals surface area contributed by atoms with Crippen molar-refractivity contribution in [2.75, 3.05) is 31.1 Å². The van der Waals surface area contributed by atoms with Gasteiger partial charge in [0, 0.05) is 37.9 Å². The molecule has 2 aliphatic rings. The monoisotopic (exact) mass is 485 g/mol. The number of rotatable bonds is 4. The van der Waals surface area contributed by atoms with E-state index in [9.17, 15) is 13.2 Å². The number of piperazine rings is 1. The first kappa shape index (κ1) is 22.2.